The van der Waals surface area contributed by atoms with Gasteiger partial charge in [-0.3, -0.25) is 4.79 Å². The van der Waals surface area contributed by atoms with Crippen molar-refractivity contribution in [3.05, 3.63) is 42.5 Å². The van der Waals surface area contributed by atoms with Crippen molar-refractivity contribution in [2.24, 2.45) is 0 Å². The standard InChI is InChI=1S/C20H28N6O2S/c1-16-13-22-15-26(16)10-2-7-23-20(29)24-17-3-5-18(6-4-17)28-14-19(27)25-11-8-21-9-12-25/h3-6,13,15,21H,2,7-12,14H2,1H3,(H2,23,24,29). The molecule has 8 nitrogen and oxygen atoms in total. The molecule has 0 aliphatic carbocycles. The van der Waals surface area contributed by atoms with Crippen molar-refractivity contribution in [1.82, 2.24) is 25.1 Å². The van der Waals surface area contributed by atoms with Crippen molar-refractivity contribution in [3.63, 3.8) is 0 Å². The molecule has 1 aliphatic rings. The number of aromatic nitrogens is 2. The van der Waals surface area contributed by atoms with Gasteiger partial charge in [0, 0.05) is 56.8 Å². The van der Waals surface area contributed by atoms with E-state index in [2.05, 4.69) is 25.5 Å². The van der Waals surface area contributed by atoms with E-state index >= 15 is 0 Å². The van der Waals surface area contributed by atoms with Crippen LogP contribution in [0.5, 0.6) is 5.75 Å². The van der Waals surface area contributed by atoms with Crippen molar-refractivity contribution in [2.75, 3.05) is 44.6 Å². The molecule has 2 aromatic rings. The van der Waals surface area contributed by atoms with E-state index < -0.39 is 0 Å². The molecule has 3 N–H and O–H groups in total. The average Bonchev–Trinajstić information content (AvgIpc) is 3.16. The second-order valence-corrected chi connectivity index (χ2v) is 7.31. The number of carbonyl (C=O) groups excluding carboxylic acids is 1. The Bertz CT molecular complexity index is 802. The molecule has 1 amide bonds. The quantitative estimate of drug-likeness (QED) is 0.443. The summed E-state index contributed by atoms with van der Waals surface area (Å²) in [5, 5.41) is 10.2. The third-order valence-electron chi connectivity index (χ3n) is 4.73. The van der Waals surface area contributed by atoms with Crippen LogP contribution >= 0.6 is 12.2 Å². The third-order valence-corrected chi connectivity index (χ3v) is 4.97. The molecule has 0 spiro atoms. The first kappa shape index (κ1) is 21.1. The first-order valence-electron chi connectivity index (χ1n) is 9.85. The number of thiocarbonyl (C=S) groups is 1. The molecule has 0 radical (unpaired) electrons. The Morgan fingerprint density at radius 1 is 1.28 bits per heavy atom. The highest BCUT2D eigenvalue weighted by Crippen LogP contribution is 2.15. The SMILES string of the molecule is Cc1cncn1CCCNC(=S)Nc1ccc(OCC(=O)N2CCNCC2)cc1. The number of anilines is 1. The largest absolute Gasteiger partial charge is 0.484 e. The summed E-state index contributed by atoms with van der Waals surface area (Å²) < 4.78 is 7.73. The van der Waals surface area contributed by atoms with Crippen LogP contribution in [-0.4, -0.2) is 64.8 Å². The molecule has 1 aliphatic heterocycles. The molecule has 3 rings (SSSR count). The zero-order valence-corrected chi connectivity index (χ0v) is 17.5. The molecule has 0 saturated carbocycles. The summed E-state index contributed by atoms with van der Waals surface area (Å²) >= 11 is 5.34. The summed E-state index contributed by atoms with van der Waals surface area (Å²) in [4.78, 5) is 18.1. The van der Waals surface area contributed by atoms with E-state index in [0.29, 0.717) is 10.9 Å². The number of hydrogen-bond acceptors (Lipinski definition) is 5. The number of ether oxygens (including phenoxy) is 1. The van der Waals surface area contributed by atoms with E-state index in [1.807, 2.05) is 48.6 Å². The summed E-state index contributed by atoms with van der Waals surface area (Å²) in [6.07, 6.45) is 4.65. The first-order valence-corrected chi connectivity index (χ1v) is 10.3. The highest BCUT2D eigenvalue weighted by molar-refractivity contribution is 7.80. The minimum Gasteiger partial charge on any atom is -0.484 e. The Balaban J connectivity index is 1.34. The van der Waals surface area contributed by atoms with E-state index in [9.17, 15) is 4.79 Å². The number of carbonyl (C=O) groups is 1. The molecule has 1 aromatic carbocycles. The van der Waals surface area contributed by atoms with Crippen LogP contribution in [0.1, 0.15) is 12.1 Å². The summed E-state index contributed by atoms with van der Waals surface area (Å²) in [5.41, 5.74) is 2.02. The highest BCUT2D eigenvalue weighted by Gasteiger charge is 2.16. The fourth-order valence-electron chi connectivity index (χ4n) is 3.03. The highest BCUT2D eigenvalue weighted by atomic mass is 32.1. The van der Waals surface area contributed by atoms with Crippen molar-refractivity contribution < 1.29 is 9.53 Å². The van der Waals surface area contributed by atoms with Crippen LogP contribution in [0.4, 0.5) is 5.69 Å². The maximum Gasteiger partial charge on any atom is 0.260 e. The van der Waals surface area contributed by atoms with E-state index in [1.165, 1.54) is 0 Å². The lowest BCUT2D eigenvalue weighted by atomic mass is 10.3. The van der Waals surface area contributed by atoms with Crippen LogP contribution in [0.2, 0.25) is 0 Å². The predicted octanol–water partition coefficient (Wildman–Crippen LogP) is 1.38. The number of nitrogens with one attached hydrogen (secondary N) is 3. The lowest BCUT2D eigenvalue weighted by Gasteiger charge is -2.27. The van der Waals surface area contributed by atoms with Gasteiger partial charge in [-0.05, 0) is 49.8 Å². The summed E-state index contributed by atoms with van der Waals surface area (Å²) in [6, 6.07) is 7.43. The number of aryl methyl sites for hydroxylation is 2. The molecule has 2 heterocycles. The molecule has 1 fully saturated rings. The van der Waals surface area contributed by atoms with Gasteiger partial charge in [-0.15, -0.1) is 0 Å². The molecule has 0 atom stereocenters. The zero-order chi connectivity index (χ0) is 20.5. The second-order valence-electron chi connectivity index (χ2n) is 6.91. The van der Waals surface area contributed by atoms with E-state index in [4.69, 9.17) is 17.0 Å². The van der Waals surface area contributed by atoms with Gasteiger partial charge in [0.1, 0.15) is 5.75 Å². The van der Waals surface area contributed by atoms with E-state index in [1.54, 1.807) is 0 Å². The molecule has 0 bridgehead atoms. The Morgan fingerprint density at radius 2 is 2.03 bits per heavy atom. The van der Waals surface area contributed by atoms with Crippen molar-refractivity contribution in [2.45, 2.75) is 19.9 Å². The van der Waals surface area contributed by atoms with E-state index in [0.717, 1.165) is 57.1 Å². The fraction of sp³-hybridized carbons (Fsp3) is 0.450. The number of benzene rings is 1. The van der Waals surface area contributed by atoms with Crippen LogP contribution in [0, 0.1) is 6.92 Å². The summed E-state index contributed by atoms with van der Waals surface area (Å²) in [6.45, 7) is 6.92. The smallest absolute Gasteiger partial charge is 0.260 e. The van der Waals surface area contributed by atoms with Crippen molar-refractivity contribution in [1.29, 1.82) is 0 Å². The van der Waals surface area contributed by atoms with E-state index in [-0.39, 0.29) is 12.5 Å². The van der Waals surface area contributed by atoms with Crippen LogP contribution < -0.4 is 20.7 Å². The fourth-order valence-corrected chi connectivity index (χ4v) is 3.25. The number of nitrogens with zero attached hydrogens (tertiary/aromatic N) is 3. The van der Waals surface area contributed by atoms with Gasteiger partial charge in [0.25, 0.3) is 5.91 Å². The monoisotopic (exact) mass is 416 g/mol. The first-order chi connectivity index (χ1) is 14.1. The van der Waals surface area contributed by atoms with Crippen molar-refractivity contribution in [3.8, 4) is 5.75 Å². The number of imidazole rings is 1. The lowest BCUT2D eigenvalue weighted by molar-refractivity contribution is -0.133. The van der Waals surface area contributed by atoms with Gasteiger partial charge >= 0.3 is 0 Å². The van der Waals surface area contributed by atoms with Gasteiger partial charge in [-0.25, -0.2) is 4.98 Å². The van der Waals surface area contributed by atoms with Crippen LogP contribution in [0.3, 0.4) is 0 Å². The third kappa shape index (κ3) is 6.72. The molecule has 156 valence electrons. The average molecular weight is 417 g/mol. The van der Waals surface area contributed by atoms with Crippen molar-refractivity contribution >= 4 is 28.9 Å². The minimum atomic E-state index is 0.0185. The predicted molar refractivity (Wildman–Crippen MR) is 117 cm³/mol. The maximum absolute atomic E-state index is 12.1. The second kappa shape index (κ2) is 10.8. The summed E-state index contributed by atoms with van der Waals surface area (Å²) in [5.74, 6) is 0.679. The molecule has 29 heavy (non-hydrogen) atoms. The van der Waals surface area contributed by atoms with Crippen LogP contribution in [0.25, 0.3) is 0 Å². The number of rotatable bonds is 8. The van der Waals surface area contributed by atoms with Gasteiger partial charge < -0.3 is 30.2 Å². The molecule has 1 saturated heterocycles. The summed E-state index contributed by atoms with van der Waals surface area (Å²) in [7, 11) is 0. The van der Waals surface area contributed by atoms with Gasteiger partial charge in [0.05, 0.1) is 6.33 Å². The molecule has 0 unspecified atom stereocenters. The Kier molecular flexibility index (Phi) is 7.83. The Morgan fingerprint density at radius 3 is 2.72 bits per heavy atom. The van der Waals surface area contributed by atoms with Gasteiger partial charge in [0.15, 0.2) is 11.7 Å². The molecule has 9 heteroatoms. The van der Waals surface area contributed by atoms with Crippen LogP contribution in [-0.2, 0) is 11.3 Å². The molecular weight excluding hydrogens is 388 g/mol. The number of hydrogen-bond donors (Lipinski definition) is 3. The zero-order valence-electron chi connectivity index (χ0n) is 16.7. The topological polar surface area (TPSA) is 83.5 Å². The minimum absolute atomic E-state index is 0.0185. The Hall–Kier alpha value is -2.65. The number of piperazine rings is 1. The lowest BCUT2D eigenvalue weighted by Crippen LogP contribution is -2.47. The Labute approximate surface area is 176 Å². The normalized spacial score (nSPS) is 13.8. The molecule has 1 aromatic heterocycles. The van der Waals surface area contributed by atoms with Gasteiger partial charge in [0.2, 0.25) is 0 Å². The number of amides is 1. The van der Waals surface area contributed by atoms with Gasteiger partial charge in [-0.1, -0.05) is 0 Å². The van der Waals surface area contributed by atoms with Crippen LogP contribution in [0.15, 0.2) is 36.8 Å². The molecular formula is C20H28N6O2S. The maximum atomic E-state index is 12.1. The van der Waals surface area contributed by atoms with Gasteiger partial charge in [-0.2, -0.15) is 0 Å².